The molecule has 1 aliphatic heterocycles. The molecule has 3 rings (SSSR count). The van der Waals surface area contributed by atoms with Crippen LogP contribution in [0.5, 0.6) is 0 Å². The van der Waals surface area contributed by atoms with Crippen LogP contribution in [-0.4, -0.2) is 38.8 Å². The Morgan fingerprint density at radius 2 is 2.08 bits per heavy atom. The Morgan fingerprint density at radius 1 is 1.27 bits per heavy atom. The lowest BCUT2D eigenvalue weighted by Gasteiger charge is -2.31. The number of aryl methyl sites for hydroxylation is 2. The Balaban J connectivity index is 1.61. The molecular weight excluding hydrogens is 368 g/mol. The summed E-state index contributed by atoms with van der Waals surface area (Å²) in [5.74, 6) is 0.0715. The summed E-state index contributed by atoms with van der Waals surface area (Å²) >= 11 is 1.21. The van der Waals surface area contributed by atoms with E-state index in [9.17, 15) is 13.2 Å². The molecule has 0 bridgehead atoms. The normalized spacial score (nSPS) is 14.5. The molecule has 2 aromatic rings. The maximum atomic E-state index is 12.7. The third kappa shape index (κ3) is 3.84. The summed E-state index contributed by atoms with van der Waals surface area (Å²) in [5, 5.41) is 1.75. The lowest BCUT2D eigenvalue weighted by molar-refractivity contribution is -0.118. The fraction of sp³-hybridized carbons (Fsp3) is 0.421. The van der Waals surface area contributed by atoms with Crippen LogP contribution in [0.15, 0.2) is 39.9 Å². The molecule has 1 aromatic carbocycles. The molecule has 0 aliphatic carbocycles. The van der Waals surface area contributed by atoms with Crippen LogP contribution < -0.4 is 4.90 Å². The zero-order valence-corrected chi connectivity index (χ0v) is 16.8. The van der Waals surface area contributed by atoms with E-state index in [0.29, 0.717) is 23.6 Å². The number of para-hydroxylation sites is 1. The average molecular weight is 393 g/mol. The van der Waals surface area contributed by atoms with Crippen molar-refractivity contribution in [2.45, 2.75) is 36.8 Å². The number of carbonyl (C=O) groups is 1. The predicted molar refractivity (Wildman–Crippen MR) is 105 cm³/mol. The molecular formula is C19H24N2O3S2. The van der Waals surface area contributed by atoms with E-state index in [4.69, 9.17) is 0 Å². The number of nitrogens with zero attached hydrogens (tertiary/aromatic N) is 2. The number of anilines is 1. The molecule has 0 atom stereocenters. The van der Waals surface area contributed by atoms with Crippen LogP contribution in [0.25, 0.3) is 0 Å². The fourth-order valence-electron chi connectivity index (χ4n) is 3.37. The SMILES string of the molecule is Cc1cccc2c1N(C(=O)CCCN(C)S(=O)(=O)c1cccs1)CCC2. The highest BCUT2D eigenvalue weighted by molar-refractivity contribution is 7.91. The Labute approximate surface area is 159 Å². The van der Waals surface area contributed by atoms with Gasteiger partial charge in [-0.25, -0.2) is 12.7 Å². The first-order chi connectivity index (χ1) is 12.4. The third-order valence-electron chi connectivity index (χ3n) is 4.74. The van der Waals surface area contributed by atoms with E-state index >= 15 is 0 Å². The molecule has 1 amide bonds. The highest BCUT2D eigenvalue weighted by atomic mass is 32.2. The van der Waals surface area contributed by atoms with Crippen LogP contribution in [0.4, 0.5) is 5.69 Å². The van der Waals surface area contributed by atoms with Gasteiger partial charge in [0.25, 0.3) is 10.0 Å². The molecule has 0 fully saturated rings. The minimum absolute atomic E-state index is 0.0715. The third-order valence-corrected chi connectivity index (χ3v) is 7.97. The van der Waals surface area contributed by atoms with Crippen molar-refractivity contribution >= 4 is 33.0 Å². The molecule has 1 aliphatic rings. The van der Waals surface area contributed by atoms with Crippen LogP contribution in [0.1, 0.15) is 30.4 Å². The number of thiophene rings is 1. The minimum atomic E-state index is -3.45. The Bertz CT molecular complexity index is 876. The number of rotatable bonds is 6. The summed E-state index contributed by atoms with van der Waals surface area (Å²) in [6.45, 7) is 3.10. The largest absolute Gasteiger partial charge is 0.312 e. The van der Waals surface area contributed by atoms with Crippen LogP contribution >= 0.6 is 11.3 Å². The van der Waals surface area contributed by atoms with E-state index < -0.39 is 10.0 Å². The Morgan fingerprint density at radius 3 is 2.81 bits per heavy atom. The monoisotopic (exact) mass is 392 g/mol. The molecule has 0 saturated heterocycles. The molecule has 26 heavy (non-hydrogen) atoms. The zero-order valence-electron chi connectivity index (χ0n) is 15.1. The number of hydrogen-bond acceptors (Lipinski definition) is 4. The van der Waals surface area contributed by atoms with Gasteiger partial charge in [0.2, 0.25) is 5.91 Å². The molecule has 0 radical (unpaired) electrons. The van der Waals surface area contributed by atoms with Gasteiger partial charge in [-0.1, -0.05) is 24.3 Å². The standard InChI is InChI=1S/C19H24N2O3S2/c1-15-7-3-8-16-9-4-13-21(19(15)16)17(22)10-5-12-20(2)26(23,24)18-11-6-14-25-18/h3,6-8,11,14H,4-5,9-10,12-13H2,1-2H3. The number of carbonyl (C=O) groups excluding carboxylic acids is 1. The van der Waals surface area contributed by atoms with Crippen molar-refractivity contribution in [1.29, 1.82) is 0 Å². The van der Waals surface area contributed by atoms with Crippen molar-refractivity contribution in [1.82, 2.24) is 4.31 Å². The van der Waals surface area contributed by atoms with Gasteiger partial charge in [-0.2, -0.15) is 0 Å². The van der Waals surface area contributed by atoms with E-state index in [2.05, 4.69) is 6.07 Å². The second-order valence-electron chi connectivity index (χ2n) is 6.59. The van der Waals surface area contributed by atoms with Gasteiger partial charge in [0.1, 0.15) is 4.21 Å². The van der Waals surface area contributed by atoms with E-state index in [1.807, 2.05) is 24.0 Å². The maximum absolute atomic E-state index is 12.7. The van der Waals surface area contributed by atoms with E-state index in [1.54, 1.807) is 24.6 Å². The zero-order chi connectivity index (χ0) is 18.7. The molecule has 0 spiro atoms. The predicted octanol–water partition coefficient (Wildman–Crippen LogP) is 3.44. The topological polar surface area (TPSA) is 57.7 Å². The van der Waals surface area contributed by atoms with Gasteiger partial charge in [0, 0.05) is 32.2 Å². The van der Waals surface area contributed by atoms with Crippen molar-refractivity contribution in [3.8, 4) is 0 Å². The van der Waals surface area contributed by atoms with Gasteiger partial charge in [-0.05, 0) is 48.8 Å². The van der Waals surface area contributed by atoms with Crippen molar-refractivity contribution in [2.24, 2.45) is 0 Å². The van der Waals surface area contributed by atoms with E-state index in [0.717, 1.165) is 30.6 Å². The van der Waals surface area contributed by atoms with Crippen molar-refractivity contribution in [3.63, 3.8) is 0 Å². The van der Waals surface area contributed by atoms with E-state index in [1.165, 1.54) is 21.2 Å². The number of hydrogen-bond donors (Lipinski definition) is 0. The first-order valence-electron chi connectivity index (χ1n) is 8.80. The molecule has 0 saturated carbocycles. The van der Waals surface area contributed by atoms with Gasteiger partial charge in [0.15, 0.2) is 0 Å². The molecule has 5 nitrogen and oxygen atoms in total. The molecule has 1 aromatic heterocycles. The van der Waals surface area contributed by atoms with Gasteiger partial charge in [-0.15, -0.1) is 11.3 Å². The lowest BCUT2D eigenvalue weighted by Crippen LogP contribution is -2.36. The second kappa shape index (κ2) is 7.90. The molecule has 140 valence electrons. The first kappa shape index (κ1) is 19.1. The number of amides is 1. The van der Waals surface area contributed by atoms with Crippen LogP contribution in [0.3, 0.4) is 0 Å². The number of benzene rings is 1. The molecule has 2 heterocycles. The number of sulfonamides is 1. The summed E-state index contributed by atoms with van der Waals surface area (Å²) in [5.41, 5.74) is 3.39. The summed E-state index contributed by atoms with van der Waals surface area (Å²) in [6, 6.07) is 9.49. The van der Waals surface area contributed by atoms with Crippen molar-refractivity contribution < 1.29 is 13.2 Å². The maximum Gasteiger partial charge on any atom is 0.252 e. The van der Waals surface area contributed by atoms with Crippen molar-refractivity contribution in [2.75, 3.05) is 25.0 Å². The summed E-state index contributed by atoms with van der Waals surface area (Å²) in [6.07, 6.45) is 2.83. The second-order valence-corrected chi connectivity index (χ2v) is 9.81. The molecule has 0 N–H and O–H groups in total. The van der Waals surface area contributed by atoms with E-state index in [-0.39, 0.29) is 5.91 Å². The molecule has 0 unspecified atom stereocenters. The Hall–Kier alpha value is -1.70. The fourth-order valence-corrected chi connectivity index (χ4v) is 5.78. The van der Waals surface area contributed by atoms with Crippen LogP contribution in [0.2, 0.25) is 0 Å². The smallest absolute Gasteiger partial charge is 0.252 e. The summed E-state index contributed by atoms with van der Waals surface area (Å²) in [7, 11) is -1.88. The first-order valence-corrected chi connectivity index (χ1v) is 11.1. The van der Waals surface area contributed by atoms with Crippen LogP contribution in [-0.2, 0) is 21.2 Å². The lowest BCUT2D eigenvalue weighted by atomic mass is 9.98. The quantitative estimate of drug-likeness (QED) is 0.757. The molecule has 7 heteroatoms. The summed E-state index contributed by atoms with van der Waals surface area (Å²) < 4.78 is 26.5. The van der Waals surface area contributed by atoms with Crippen molar-refractivity contribution in [3.05, 3.63) is 46.8 Å². The van der Waals surface area contributed by atoms with Crippen LogP contribution in [0, 0.1) is 6.92 Å². The average Bonchev–Trinajstić information content (AvgIpc) is 3.16. The van der Waals surface area contributed by atoms with Gasteiger partial charge in [0.05, 0.1) is 0 Å². The highest BCUT2D eigenvalue weighted by Crippen LogP contribution is 2.31. The van der Waals surface area contributed by atoms with Gasteiger partial charge < -0.3 is 4.90 Å². The number of fused-ring (bicyclic) bond motifs is 1. The van der Waals surface area contributed by atoms with Gasteiger partial charge >= 0.3 is 0 Å². The summed E-state index contributed by atoms with van der Waals surface area (Å²) in [4.78, 5) is 14.6. The highest BCUT2D eigenvalue weighted by Gasteiger charge is 2.25. The van der Waals surface area contributed by atoms with Gasteiger partial charge in [-0.3, -0.25) is 4.79 Å². The Kier molecular flexibility index (Phi) is 5.79. The minimum Gasteiger partial charge on any atom is -0.312 e.